The maximum absolute atomic E-state index is 14.1. The molecule has 5 N–H and O–H groups in total. The number of amides is 2. The van der Waals surface area contributed by atoms with Crippen molar-refractivity contribution in [2.75, 3.05) is 10.0 Å². The fourth-order valence-electron chi connectivity index (χ4n) is 5.07. The van der Waals surface area contributed by atoms with Crippen LogP contribution in [0.15, 0.2) is 65.7 Å². The second-order valence-electron chi connectivity index (χ2n) is 9.20. The zero-order chi connectivity index (χ0) is 29.1. The van der Waals surface area contributed by atoms with Crippen molar-refractivity contribution < 1.29 is 18.0 Å². The lowest BCUT2D eigenvalue weighted by Gasteiger charge is -2.23. The van der Waals surface area contributed by atoms with Gasteiger partial charge in [0.15, 0.2) is 11.5 Å². The molecule has 1 aliphatic rings. The molecule has 0 saturated carbocycles. The lowest BCUT2D eigenvalue weighted by Crippen LogP contribution is -2.34. The number of fused-ring (bicyclic) bond motifs is 1. The number of anilines is 2. The summed E-state index contributed by atoms with van der Waals surface area (Å²) in [6.45, 7) is 1.59. The topological polar surface area (TPSA) is 183 Å². The van der Waals surface area contributed by atoms with Crippen LogP contribution in [0.4, 0.5) is 11.5 Å². The number of nitrogens with one attached hydrogen (secondary N) is 3. The van der Waals surface area contributed by atoms with E-state index < -0.39 is 33.6 Å². The number of rotatable bonds is 6. The summed E-state index contributed by atoms with van der Waals surface area (Å²) in [6.07, 6.45) is 8.60. The van der Waals surface area contributed by atoms with Crippen LogP contribution in [0.25, 0.3) is 22.1 Å². The van der Waals surface area contributed by atoms with E-state index in [4.69, 9.17) is 11.6 Å². The highest BCUT2D eigenvalue weighted by Gasteiger charge is 2.34. The molecule has 2 amide bonds. The fourth-order valence-corrected chi connectivity index (χ4v) is 5.48. The summed E-state index contributed by atoms with van der Waals surface area (Å²) in [7, 11) is -4.30. The number of aromatic nitrogens is 4. The zero-order valence-corrected chi connectivity index (χ0v) is 22.1. The number of terminal acetylenes is 1. The van der Waals surface area contributed by atoms with Gasteiger partial charge in [0.25, 0.3) is 27.6 Å². The molecule has 0 saturated heterocycles. The number of benzene rings is 2. The monoisotopic (exact) mass is 568 g/mol. The molecule has 3 aromatic heterocycles. The Hall–Kier alpha value is -5.52. The largest absolute Gasteiger partial charge is 0.344 e. The maximum Gasteiger partial charge on any atom is 0.297 e. The molecule has 5 aromatic rings. The number of carbonyl (C=O) groups excluding carboxylic acids is 2. The van der Waals surface area contributed by atoms with E-state index in [1.807, 2.05) is 4.72 Å². The molecule has 1 aliphatic heterocycles. The molecule has 6 rings (SSSR count). The van der Waals surface area contributed by atoms with Gasteiger partial charge in [0.05, 0.1) is 28.4 Å². The Morgan fingerprint density at radius 2 is 1.88 bits per heavy atom. The quantitative estimate of drug-likeness (QED) is 0.225. The molecule has 0 unspecified atom stereocenters. The van der Waals surface area contributed by atoms with Crippen molar-refractivity contribution in [2.24, 2.45) is 5.14 Å². The highest BCUT2D eigenvalue weighted by Crippen LogP contribution is 2.38. The Kier molecular flexibility index (Phi) is 5.84. The number of nitrogens with two attached hydrogens (primary N) is 1. The van der Waals surface area contributed by atoms with Crippen LogP contribution in [-0.2, 0) is 10.2 Å². The van der Waals surface area contributed by atoms with Gasteiger partial charge in [-0.25, -0.2) is 14.6 Å². The maximum atomic E-state index is 14.1. The Morgan fingerprint density at radius 3 is 2.59 bits per heavy atom. The van der Waals surface area contributed by atoms with Crippen LogP contribution in [0, 0.1) is 12.3 Å². The lowest BCUT2D eigenvalue weighted by atomic mass is 9.97. The minimum atomic E-state index is -4.30. The minimum Gasteiger partial charge on any atom is -0.344 e. The van der Waals surface area contributed by atoms with E-state index in [1.165, 1.54) is 21.5 Å². The molecular weight excluding hydrogens is 548 g/mol. The molecule has 0 radical (unpaired) electrons. The molecule has 0 fully saturated rings. The summed E-state index contributed by atoms with van der Waals surface area (Å²) in [5.74, 6) is 0.912. The number of hydrogen-bond donors (Lipinski definition) is 4. The van der Waals surface area contributed by atoms with Gasteiger partial charge in [-0.15, -0.1) is 11.5 Å². The molecule has 41 heavy (non-hydrogen) atoms. The van der Waals surface area contributed by atoms with Gasteiger partial charge >= 0.3 is 0 Å². The normalized spacial score (nSPS) is 13.1. The van der Waals surface area contributed by atoms with Crippen molar-refractivity contribution in [1.82, 2.24) is 24.5 Å². The third-order valence-electron chi connectivity index (χ3n) is 6.63. The summed E-state index contributed by atoms with van der Waals surface area (Å²) in [5, 5.41) is 15.3. The average molecular weight is 569 g/mol. The van der Waals surface area contributed by atoms with Crippen molar-refractivity contribution in [3.8, 4) is 18.0 Å². The number of hydrogen-bond acceptors (Lipinski definition) is 7. The van der Waals surface area contributed by atoms with Gasteiger partial charge in [0.2, 0.25) is 0 Å². The summed E-state index contributed by atoms with van der Waals surface area (Å²) < 4.78 is 28.2. The van der Waals surface area contributed by atoms with Gasteiger partial charge in [-0.1, -0.05) is 24.1 Å². The van der Waals surface area contributed by atoms with Gasteiger partial charge in [-0.05, 0) is 37.3 Å². The SMILES string of the molecule is C#Cc1ccc2c3c(c([C@H](C)NC(=O)c4c(NS(N)(=O)=O)nn5cccnc45)n(-c4ccccc4)c(=O)c13)C(=O)N2. The van der Waals surface area contributed by atoms with Crippen molar-refractivity contribution in [2.45, 2.75) is 13.0 Å². The summed E-state index contributed by atoms with van der Waals surface area (Å²) in [5.41, 5.74) is 0.892. The molecule has 0 aliphatic carbocycles. The van der Waals surface area contributed by atoms with Crippen molar-refractivity contribution >= 4 is 49.9 Å². The summed E-state index contributed by atoms with van der Waals surface area (Å²) >= 11 is 0. The highest BCUT2D eigenvalue weighted by molar-refractivity contribution is 7.90. The van der Waals surface area contributed by atoms with Crippen LogP contribution in [0.3, 0.4) is 0 Å². The van der Waals surface area contributed by atoms with Gasteiger partial charge in [0, 0.05) is 29.0 Å². The van der Waals surface area contributed by atoms with E-state index in [9.17, 15) is 22.8 Å². The molecule has 204 valence electrons. The summed E-state index contributed by atoms with van der Waals surface area (Å²) in [6, 6.07) is 12.4. The van der Waals surface area contributed by atoms with Gasteiger partial charge in [0.1, 0.15) is 5.56 Å². The average Bonchev–Trinajstić information content (AvgIpc) is 3.46. The van der Waals surface area contributed by atoms with Crippen LogP contribution < -0.4 is 26.1 Å². The molecule has 2 aromatic carbocycles. The first-order chi connectivity index (χ1) is 19.6. The number of para-hydroxylation sites is 1. The minimum absolute atomic E-state index is 0.0468. The second-order valence-corrected chi connectivity index (χ2v) is 10.5. The zero-order valence-electron chi connectivity index (χ0n) is 21.2. The molecule has 13 nitrogen and oxygen atoms in total. The molecular formula is C27H20N8O5S. The van der Waals surface area contributed by atoms with E-state index in [2.05, 4.69) is 26.6 Å². The molecule has 4 heterocycles. The van der Waals surface area contributed by atoms with Crippen LogP contribution in [0.2, 0.25) is 0 Å². The van der Waals surface area contributed by atoms with E-state index in [0.717, 1.165) is 0 Å². The standard InChI is InChI=1S/C27H20N8O5S/c1-3-15-10-11-17-19-18(15)27(38)35(16-8-5-4-6-9-16)22(20(19)25(36)31-17)14(2)30-26(37)21-23(33-41(28,39)40)32-34-13-7-12-29-24(21)34/h1,4-14H,2H3,(H,30,37)(H,31,36)(H,32,33)(H2,28,39,40)/t14-/m0/s1. The Morgan fingerprint density at radius 1 is 1.12 bits per heavy atom. The van der Waals surface area contributed by atoms with Gasteiger partial charge in [-0.2, -0.15) is 8.42 Å². The van der Waals surface area contributed by atoms with Gasteiger partial charge in [-0.3, -0.25) is 23.7 Å². The van der Waals surface area contributed by atoms with E-state index in [-0.39, 0.29) is 33.7 Å². The van der Waals surface area contributed by atoms with Crippen LogP contribution in [0.5, 0.6) is 0 Å². The Balaban J connectivity index is 1.57. The smallest absolute Gasteiger partial charge is 0.297 e. The highest BCUT2D eigenvalue weighted by atomic mass is 32.2. The number of carbonyl (C=O) groups is 2. The van der Waals surface area contributed by atoms with Crippen molar-refractivity contribution in [1.29, 1.82) is 0 Å². The third kappa shape index (κ3) is 4.16. The van der Waals surface area contributed by atoms with Crippen LogP contribution in [0.1, 0.15) is 44.9 Å². The number of pyridine rings is 1. The predicted octanol–water partition coefficient (Wildman–Crippen LogP) is 1.69. The molecule has 14 heteroatoms. The molecule has 1 atom stereocenters. The first-order valence-corrected chi connectivity index (χ1v) is 13.7. The molecule has 0 bridgehead atoms. The van der Waals surface area contributed by atoms with Crippen LogP contribution >= 0.6 is 0 Å². The predicted molar refractivity (Wildman–Crippen MR) is 151 cm³/mol. The van der Waals surface area contributed by atoms with Crippen LogP contribution in [-0.4, -0.2) is 39.4 Å². The second kappa shape index (κ2) is 9.30. The Bertz CT molecular complexity index is 2150. The Labute approximate surface area is 232 Å². The number of nitrogens with zero attached hydrogens (tertiary/aromatic N) is 4. The van der Waals surface area contributed by atoms with E-state index in [0.29, 0.717) is 22.3 Å². The van der Waals surface area contributed by atoms with Gasteiger partial charge < -0.3 is 10.6 Å². The third-order valence-corrected chi connectivity index (χ3v) is 7.11. The first-order valence-electron chi connectivity index (χ1n) is 12.1. The molecule has 0 spiro atoms. The van der Waals surface area contributed by atoms with Crippen molar-refractivity contribution in [3.05, 3.63) is 93.7 Å². The van der Waals surface area contributed by atoms with E-state index in [1.54, 1.807) is 55.5 Å². The lowest BCUT2D eigenvalue weighted by molar-refractivity contribution is 0.0937. The van der Waals surface area contributed by atoms with E-state index >= 15 is 0 Å². The fraction of sp³-hybridized carbons (Fsp3) is 0.0741. The van der Waals surface area contributed by atoms with Crippen molar-refractivity contribution in [3.63, 3.8) is 0 Å². The first kappa shape index (κ1) is 25.7. The summed E-state index contributed by atoms with van der Waals surface area (Å²) in [4.78, 5) is 45.3.